The number of nitrogens with zero attached hydrogens (tertiary/aromatic N) is 1. The van der Waals surface area contributed by atoms with Crippen LogP contribution in [0.25, 0.3) is 0 Å². The zero-order valence-corrected chi connectivity index (χ0v) is 11.6. The minimum atomic E-state index is -0.333. The van der Waals surface area contributed by atoms with Crippen LogP contribution in [-0.2, 0) is 16.1 Å². The third-order valence-electron chi connectivity index (χ3n) is 2.62. The largest absolute Gasteiger partial charge is 0.399 e. The van der Waals surface area contributed by atoms with E-state index in [2.05, 4.69) is 0 Å². The molecule has 1 amide bonds. The molecule has 0 atom stereocenters. The summed E-state index contributed by atoms with van der Waals surface area (Å²) >= 11 is 0. The Bertz CT molecular complexity index is 390. The normalized spacial score (nSPS) is 11.2. The van der Waals surface area contributed by atoms with Gasteiger partial charge in [-0.2, -0.15) is 0 Å². The molecular formula is C14H23N3O2. The van der Waals surface area contributed by atoms with E-state index >= 15 is 0 Å². The minimum Gasteiger partial charge on any atom is -0.399 e. The standard InChI is InChI=1S/C14H23N3O2/c1-11(2)19-8-7-17(10-14(16)18)9-12-3-5-13(15)6-4-12/h3-6,11H,7-10,15H2,1-2H3,(H2,16,18). The van der Waals surface area contributed by atoms with Crippen LogP contribution in [0.15, 0.2) is 24.3 Å². The first-order valence-electron chi connectivity index (χ1n) is 6.44. The zero-order valence-electron chi connectivity index (χ0n) is 11.6. The molecule has 0 saturated carbocycles. The van der Waals surface area contributed by atoms with Gasteiger partial charge in [-0.05, 0) is 31.5 Å². The van der Waals surface area contributed by atoms with Gasteiger partial charge in [0.05, 0.1) is 19.3 Å². The minimum absolute atomic E-state index is 0.187. The molecule has 0 bridgehead atoms. The van der Waals surface area contributed by atoms with Gasteiger partial charge in [0, 0.05) is 18.8 Å². The van der Waals surface area contributed by atoms with Crippen molar-refractivity contribution in [2.24, 2.45) is 5.73 Å². The summed E-state index contributed by atoms with van der Waals surface area (Å²) in [5.41, 5.74) is 12.7. The lowest BCUT2D eigenvalue weighted by molar-refractivity contribution is -0.119. The van der Waals surface area contributed by atoms with Gasteiger partial charge in [-0.1, -0.05) is 12.1 Å². The van der Waals surface area contributed by atoms with Crippen LogP contribution in [-0.4, -0.2) is 36.6 Å². The monoisotopic (exact) mass is 265 g/mol. The van der Waals surface area contributed by atoms with Gasteiger partial charge in [0.25, 0.3) is 0 Å². The van der Waals surface area contributed by atoms with Crippen LogP contribution in [0.3, 0.4) is 0 Å². The van der Waals surface area contributed by atoms with Crippen LogP contribution >= 0.6 is 0 Å². The van der Waals surface area contributed by atoms with Gasteiger partial charge in [0.1, 0.15) is 0 Å². The molecule has 0 spiro atoms. The van der Waals surface area contributed by atoms with E-state index in [1.807, 2.05) is 43.0 Å². The van der Waals surface area contributed by atoms with Crippen molar-refractivity contribution in [2.75, 3.05) is 25.4 Å². The van der Waals surface area contributed by atoms with E-state index in [1.165, 1.54) is 0 Å². The lowest BCUT2D eigenvalue weighted by Gasteiger charge is -2.21. The quantitative estimate of drug-likeness (QED) is 0.687. The number of hydrogen-bond acceptors (Lipinski definition) is 4. The van der Waals surface area contributed by atoms with Gasteiger partial charge >= 0.3 is 0 Å². The first kappa shape index (κ1) is 15.5. The average molecular weight is 265 g/mol. The third-order valence-corrected chi connectivity index (χ3v) is 2.62. The van der Waals surface area contributed by atoms with Gasteiger partial charge in [-0.25, -0.2) is 0 Å². The van der Waals surface area contributed by atoms with Crippen molar-refractivity contribution in [3.63, 3.8) is 0 Å². The van der Waals surface area contributed by atoms with E-state index in [0.29, 0.717) is 19.7 Å². The summed E-state index contributed by atoms with van der Waals surface area (Å²) in [6.07, 6.45) is 0.187. The number of nitrogens with two attached hydrogens (primary N) is 2. The zero-order chi connectivity index (χ0) is 14.3. The van der Waals surface area contributed by atoms with Crippen molar-refractivity contribution in [2.45, 2.75) is 26.5 Å². The molecule has 5 heteroatoms. The molecule has 0 aliphatic rings. The number of benzene rings is 1. The molecule has 0 unspecified atom stereocenters. The maximum atomic E-state index is 11.1. The maximum Gasteiger partial charge on any atom is 0.231 e. The molecule has 4 N–H and O–H groups in total. The Labute approximate surface area is 114 Å². The van der Waals surface area contributed by atoms with Gasteiger partial charge < -0.3 is 16.2 Å². The number of nitrogen functional groups attached to an aromatic ring is 1. The molecule has 1 aromatic carbocycles. The number of rotatable bonds is 8. The summed E-state index contributed by atoms with van der Waals surface area (Å²) in [5.74, 6) is -0.333. The van der Waals surface area contributed by atoms with E-state index in [1.54, 1.807) is 0 Å². The SMILES string of the molecule is CC(C)OCCN(CC(N)=O)Cc1ccc(N)cc1. The lowest BCUT2D eigenvalue weighted by atomic mass is 10.2. The molecule has 0 fully saturated rings. The molecule has 0 aromatic heterocycles. The van der Waals surface area contributed by atoms with Crippen LogP contribution < -0.4 is 11.5 Å². The van der Waals surface area contributed by atoms with Crippen LogP contribution in [0, 0.1) is 0 Å². The maximum absolute atomic E-state index is 11.1. The summed E-state index contributed by atoms with van der Waals surface area (Å²) in [6, 6.07) is 7.60. The Balaban J connectivity index is 2.53. The van der Waals surface area contributed by atoms with Crippen molar-refractivity contribution in [1.29, 1.82) is 0 Å². The highest BCUT2D eigenvalue weighted by Gasteiger charge is 2.09. The molecule has 0 heterocycles. The van der Waals surface area contributed by atoms with Gasteiger partial charge in [0.15, 0.2) is 0 Å². The van der Waals surface area contributed by atoms with Crippen molar-refractivity contribution in [3.8, 4) is 0 Å². The van der Waals surface area contributed by atoms with Gasteiger partial charge in [-0.15, -0.1) is 0 Å². The molecule has 19 heavy (non-hydrogen) atoms. The van der Waals surface area contributed by atoms with Crippen LogP contribution in [0.4, 0.5) is 5.69 Å². The summed E-state index contributed by atoms with van der Waals surface area (Å²) in [7, 11) is 0. The fourth-order valence-corrected chi connectivity index (χ4v) is 1.73. The predicted octanol–water partition coefficient (Wildman–Crippen LogP) is 0.981. The molecule has 0 radical (unpaired) electrons. The summed E-state index contributed by atoms with van der Waals surface area (Å²) in [4.78, 5) is 13.0. The van der Waals surface area contributed by atoms with E-state index in [9.17, 15) is 4.79 Å². The fraction of sp³-hybridized carbons (Fsp3) is 0.500. The Morgan fingerprint density at radius 3 is 2.47 bits per heavy atom. The molecule has 1 aromatic rings. The molecular weight excluding hydrogens is 242 g/mol. The van der Waals surface area contributed by atoms with Crippen LogP contribution in [0.2, 0.25) is 0 Å². The van der Waals surface area contributed by atoms with E-state index in [-0.39, 0.29) is 18.6 Å². The molecule has 106 valence electrons. The Hall–Kier alpha value is -1.59. The van der Waals surface area contributed by atoms with Crippen molar-refractivity contribution in [3.05, 3.63) is 29.8 Å². The number of amides is 1. The first-order valence-corrected chi connectivity index (χ1v) is 6.44. The van der Waals surface area contributed by atoms with Crippen molar-refractivity contribution in [1.82, 2.24) is 4.90 Å². The van der Waals surface area contributed by atoms with Crippen LogP contribution in [0.5, 0.6) is 0 Å². The number of hydrogen-bond donors (Lipinski definition) is 2. The number of carbonyl (C=O) groups is 1. The smallest absolute Gasteiger partial charge is 0.231 e. The molecule has 0 aliphatic carbocycles. The fourth-order valence-electron chi connectivity index (χ4n) is 1.73. The highest BCUT2D eigenvalue weighted by atomic mass is 16.5. The Morgan fingerprint density at radius 1 is 1.32 bits per heavy atom. The third kappa shape index (κ3) is 6.79. The molecule has 0 aliphatic heterocycles. The number of ether oxygens (including phenoxy) is 1. The lowest BCUT2D eigenvalue weighted by Crippen LogP contribution is -2.36. The van der Waals surface area contributed by atoms with E-state index in [0.717, 1.165) is 11.3 Å². The highest BCUT2D eigenvalue weighted by molar-refractivity contribution is 5.75. The summed E-state index contributed by atoms with van der Waals surface area (Å²) in [5, 5.41) is 0. The van der Waals surface area contributed by atoms with Gasteiger partial charge in [-0.3, -0.25) is 9.69 Å². The second-order valence-electron chi connectivity index (χ2n) is 4.84. The van der Waals surface area contributed by atoms with Crippen molar-refractivity contribution >= 4 is 11.6 Å². The second kappa shape index (κ2) is 7.76. The number of primary amides is 1. The van der Waals surface area contributed by atoms with E-state index < -0.39 is 0 Å². The molecule has 1 rings (SSSR count). The topological polar surface area (TPSA) is 81.6 Å². The Kier molecular flexibility index (Phi) is 6.32. The second-order valence-corrected chi connectivity index (χ2v) is 4.84. The average Bonchev–Trinajstić information content (AvgIpc) is 2.30. The highest BCUT2D eigenvalue weighted by Crippen LogP contribution is 2.08. The predicted molar refractivity (Wildman–Crippen MR) is 76.4 cm³/mol. The number of anilines is 1. The summed E-state index contributed by atoms with van der Waals surface area (Å²) < 4.78 is 5.50. The van der Waals surface area contributed by atoms with Crippen molar-refractivity contribution < 1.29 is 9.53 Å². The van der Waals surface area contributed by atoms with Crippen LogP contribution in [0.1, 0.15) is 19.4 Å². The molecule has 0 saturated heterocycles. The summed E-state index contributed by atoms with van der Waals surface area (Å²) in [6.45, 7) is 6.11. The Morgan fingerprint density at radius 2 is 1.95 bits per heavy atom. The molecule has 5 nitrogen and oxygen atoms in total. The van der Waals surface area contributed by atoms with E-state index in [4.69, 9.17) is 16.2 Å². The number of carbonyl (C=O) groups excluding carboxylic acids is 1. The van der Waals surface area contributed by atoms with Gasteiger partial charge in [0.2, 0.25) is 5.91 Å². The first-order chi connectivity index (χ1) is 8.97.